The Morgan fingerprint density at radius 1 is 1.38 bits per heavy atom. The maximum atomic E-state index is 12.0. The fraction of sp³-hybridized carbons (Fsp3) is 0.786. The van der Waals surface area contributed by atoms with Crippen LogP contribution in [0.1, 0.15) is 26.2 Å². The molecule has 0 aromatic rings. The van der Waals surface area contributed by atoms with Crippen LogP contribution < -0.4 is 5.32 Å². The molecule has 0 bridgehead atoms. The van der Waals surface area contributed by atoms with Crippen LogP contribution in [0.15, 0.2) is 0 Å². The van der Waals surface area contributed by atoms with E-state index in [1.807, 2.05) is 6.92 Å². The van der Waals surface area contributed by atoms with Crippen molar-refractivity contribution < 1.29 is 24.2 Å². The molecule has 2 amide bonds. The van der Waals surface area contributed by atoms with Gasteiger partial charge in [-0.2, -0.15) is 0 Å². The molecule has 0 spiro atoms. The second-order valence-corrected chi connectivity index (χ2v) is 5.79. The normalized spacial score (nSPS) is 28.0. The molecule has 2 rings (SSSR count). The van der Waals surface area contributed by atoms with Crippen molar-refractivity contribution in [2.75, 3.05) is 26.2 Å². The van der Waals surface area contributed by atoms with Crippen molar-refractivity contribution in [3.63, 3.8) is 0 Å². The van der Waals surface area contributed by atoms with E-state index in [4.69, 9.17) is 9.84 Å². The van der Waals surface area contributed by atoms with Gasteiger partial charge in [-0.1, -0.05) is 6.92 Å². The third-order valence-corrected chi connectivity index (χ3v) is 3.98. The zero-order chi connectivity index (χ0) is 15.4. The van der Waals surface area contributed by atoms with Gasteiger partial charge in [-0.05, 0) is 12.3 Å². The van der Waals surface area contributed by atoms with E-state index >= 15 is 0 Å². The van der Waals surface area contributed by atoms with Crippen molar-refractivity contribution in [1.82, 2.24) is 10.2 Å². The van der Waals surface area contributed by atoms with Crippen LogP contribution in [0.5, 0.6) is 0 Å². The first kappa shape index (κ1) is 15.8. The Morgan fingerprint density at radius 2 is 2.10 bits per heavy atom. The number of rotatable bonds is 6. The Morgan fingerprint density at radius 3 is 2.71 bits per heavy atom. The second-order valence-electron chi connectivity index (χ2n) is 5.79. The number of carbonyl (C=O) groups is 3. The van der Waals surface area contributed by atoms with Crippen molar-refractivity contribution in [1.29, 1.82) is 0 Å². The Balaban J connectivity index is 1.67. The fourth-order valence-electron chi connectivity index (χ4n) is 2.53. The lowest BCUT2D eigenvalue weighted by Gasteiger charge is -2.32. The second kappa shape index (κ2) is 6.89. The molecule has 7 heteroatoms. The third-order valence-electron chi connectivity index (χ3n) is 3.98. The van der Waals surface area contributed by atoms with Gasteiger partial charge in [0.1, 0.15) is 0 Å². The molecule has 2 aliphatic rings. The van der Waals surface area contributed by atoms with Gasteiger partial charge < -0.3 is 20.1 Å². The van der Waals surface area contributed by atoms with Crippen molar-refractivity contribution in [3.8, 4) is 0 Å². The maximum absolute atomic E-state index is 12.0. The molecular weight excluding hydrogens is 276 g/mol. The SMILES string of the molecule is CC1CC1C(=O)NCCC(=O)N1CCOC(CC(=O)O)C1. The molecule has 7 nitrogen and oxygen atoms in total. The molecule has 3 atom stereocenters. The number of aliphatic carboxylic acids is 1. The number of amides is 2. The monoisotopic (exact) mass is 298 g/mol. The quantitative estimate of drug-likeness (QED) is 0.711. The lowest BCUT2D eigenvalue weighted by Crippen LogP contribution is -2.47. The van der Waals surface area contributed by atoms with E-state index in [-0.39, 0.29) is 30.6 Å². The van der Waals surface area contributed by atoms with Gasteiger partial charge in [-0.15, -0.1) is 0 Å². The first-order valence-corrected chi connectivity index (χ1v) is 7.36. The Kier molecular flexibility index (Phi) is 5.17. The van der Waals surface area contributed by atoms with E-state index in [2.05, 4.69) is 5.32 Å². The predicted molar refractivity (Wildman–Crippen MR) is 73.5 cm³/mol. The minimum atomic E-state index is -0.930. The molecule has 0 radical (unpaired) electrons. The van der Waals surface area contributed by atoms with Crippen molar-refractivity contribution in [2.45, 2.75) is 32.3 Å². The number of carboxylic acid groups (broad SMARTS) is 1. The summed E-state index contributed by atoms with van der Waals surface area (Å²) in [6.45, 7) is 3.50. The highest BCUT2D eigenvalue weighted by Crippen LogP contribution is 2.37. The largest absolute Gasteiger partial charge is 0.481 e. The summed E-state index contributed by atoms with van der Waals surface area (Å²) in [6.07, 6.45) is 0.634. The number of hydrogen-bond donors (Lipinski definition) is 2. The van der Waals surface area contributed by atoms with Crippen LogP contribution >= 0.6 is 0 Å². The number of nitrogens with zero attached hydrogens (tertiary/aromatic N) is 1. The molecule has 2 N–H and O–H groups in total. The zero-order valence-corrected chi connectivity index (χ0v) is 12.2. The summed E-state index contributed by atoms with van der Waals surface area (Å²) in [5.41, 5.74) is 0. The Labute approximate surface area is 123 Å². The number of ether oxygens (including phenoxy) is 1. The smallest absolute Gasteiger partial charge is 0.306 e. The zero-order valence-electron chi connectivity index (χ0n) is 12.2. The van der Waals surface area contributed by atoms with Gasteiger partial charge in [0, 0.05) is 32.0 Å². The highest BCUT2D eigenvalue weighted by atomic mass is 16.5. The standard InChI is InChI=1S/C14H22N2O5/c1-9-6-11(9)14(20)15-3-2-12(17)16-4-5-21-10(8-16)7-13(18)19/h9-11H,2-8H2,1H3,(H,15,20)(H,18,19). The van der Waals surface area contributed by atoms with Crippen LogP contribution in [0.3, 0.4) is 0 Å². The summed E-state index contributed by atoms with van der Waals surface area (Å²) in [7, 11) is 0. The van der Waals surface area contributed by atoms with Gasteiger partial charge in [-0.3, -0.25) is 14.4 Å². The number of nitrogens with one attached hydrogen (secondary N) is 1. The molecule has 118 valence electrons. The molecular formula is C14H22N2O5. The summed E-state index contributed by atoms with van der Waals surface area (Å²) >= 11 is 0. The third kappa shape index (κ3) is 4.70. The van der Waals surface area contributed by atoms with Gasteiger partial charge >= 0.3 is 5.97 Å². The van der Waals surface area contributed by atoms with Crippen LogP contribution in [0, 0.1) is 11.8 Å². The minimum absolute atomic E-state index is 0.0287. The molecule has 3 unspecified atom stereocenters. The molecule has 1 aliphatic carbocycles. The van der Waals surface area contributed by atoms with E-state index in [1.165, 1.54) is 0 Å². The number of carboxylic acids is 1. The van der Waals surface area contributed by atoms with E-state index < -0.39 is 12.1 Å². The maximum Gasteiger partial charge on any atom is 0.306 e. The topological polar surface area (TPSA) is 95.9 Å². The summed E-state index contributed by atoms with van der Waals surface area (Å²) in [6, 6.07) is 0. The Bertz CT molecular complexity index is 426. The highest BCUT2D eigenvalue weighted by molar-refractivity contribution is 5.82. The van der Waals surface area contributed by atoms with Crippen molar-refractivity contribution >= 4 is 17.8 Å². The molecule has 2 fully saturated rings. The van der Waals surface area contributed by atoms with Crippen LogP contribution in [0.4, 0.5) is 0 Å². The first-order valence-electron chi connectivity index (χ1n) is 7.36. The summed E-state index contributed by atoms with van der Waals surface area (Å²) < 4.78 is 5.32. The summed E-state index contributed by atoms with van der Waals surface area (Å²) in [5, 5.41) is 11.5. The molecule has 21 heavy (non-hydrogen) atoms. The van der Waals surface area contributed by atoms with Gasteiger partial charge in [0.15, 0.2) is 0 Å². The number of hydrogen-bond acceptors (Lipinski definition) is 4. The number of morpholine rings is 1. The molecule has 1 heterocycles. The molecule has 1 saturated carbocycles. The van der Waals surface area contributed by atoms with Gasteiger partial charge in [0.25, 0.3) is 0 Å². The molecule has 0 aromatic carbocycles. The van der Waals surface area contributed by atoms with Gasteiger partial charge in [0.2, 0.25) is 11.8 Å². The van der Waals surface area contributed by atoms with Gasteiger partial charge in [0.05, 0.1) is 19.1 Å². The minimum Gasteiger partial charge on any atom is -0.481 e. The molecule has 1 saturated heterocycles. The van der Waals surface area contributed by atoms with E-state index in [9.17, 15) is 14.4 Å². The molecule has 0 aromatic heterocycles. The predicted octanol–water partition coefficient (Wildman–Crippen LogP) is -0.149. The fourth-order valence-corrected chi connectivity index (χ4v) is 2.53. The van der Waals surface area contributed by atoms with Crippen molar-refractivity contribution in [3.05, 3.63) is 0 Å². The van der Waals surface area contributed by atoms with Gasteiger partial charge in [-0.25, -0.2) is 0 Å². The average molecular weight is 298 g/mol. The van der Waals surface area contributed by atoms with Crippen LogP contribution in [0.2, 0.25) is 0 Å². The van der Waals surface area contributed by atoms with Crippen LogP contribution in [0.25, 0.3) is 0 Å². The van der Waals surface area contributed by atoms with E-state index in [1.54, 1.807) is 4.90 Å². The van der Waals surface area contributed by atoms with E-state index in [0.717, 1.165) is 6.42 Å². The lowest BCUT2D eigenvalue weighted by atomic mass is 10.2. The first-order chi connectivity index (χ1) is 9.97. The summed E-state index contributed by atoms with van der Waals surface area (Å²) in [5.74, 6) is -0.404. The Hall–Kier alpha value is -1.63. The van der Waals surface area contributed by atoms with Crippen LogP contribution in [-0.2, 0) is 19.1 Å². The summed E-state index contributed by atoms with van der Waals surface area (Å²) in [4.78, 5) is 35.9. The highest BCUT2D eigenvalue weighted by Gasteiger charge is 2.38. The number of carbonyl (C=O) groups excluding carboxylic acids is 2. The van der Waals surface area contributed by atoms with E-state index in [0.29, 0.717) is 32.2 Å². The average Bonchev–Trinajstić information content (AvgIpc) is 3.15. The van der Waals surface area contributed by atoms with Crippen molar-refractivity contribution in [2.24, 2.45) is 11.8 Å². The molecule has 1 aliphatic heterocycles. The lowest BCUT2D eigenvalue weighted by molar-refractivity contribution is -0.147. The van der Waals surface area contributed by atoms with Crippen LogP contribution in [-0.4, -0.2) is 60.1 Å².